The van der Waals surface area contributed by atoms with Crippen LogP contribution in [0, 0.1) is 6.92 Å². The molecule has 1 heterocycles. The maximum absolute atomic E-state index is 10.8. The summed E-state index contributed by atoms with van der Waals surface area (Å²) in [4.78, 5) is 14.9. The standard InChI is InChI=1S/C15H15NO3/c1-11-5-13(8-16-7-11)10-19-15-6-12(9-17)3-4-14(15)18-2/h3-9H,10H2,1-2H3. The van der Waals surface area contributed by atoms with E-state index in [-0.39, 0.29) is 0 Å². The minimum atomic E-state index is 0.382. The molecule has 19 heavy (non-hydrogen) atoms. The summed E-state index contributed by atoms with van der Waals surface area (Å²) >= 11 is 0. The third kappa shape index (κ3) is 3.31. The zero-order valence-corrected chi connectivity index (χ0v) is 10.9. The van der Waals surface area contributed by atoms with E-state index in [0.717, 1.165) is 17.4 Å². The van der Waals surface area contributed by atoms with Gasteiger partial charge in [0.1, 0.15) is 12.9 Å². The topological polar surface area (TPSA) is 48.4 Å². The maximum Gasteiger partial charge on any atom is 0.162 e. The van der Waals surface area contributed by atoms with Gasteiger partial charge >= 0.3 is 0 Å². The Labute approximate surface area is 112 Å². The van der Waals surface area contributed by atoms with Gasteiger partial charge in [-0.15, -0.1) is 0 Å². The van der Waals surface area contributed by atoms with Crippen LogP contribution >= 0.6 is 0 Å². The predicted octanol–water partition coefficient (Wildman–Crippen LogP) is 2.79. The first-order valence-corrected chi connectivity index (χ1v) is 5.89. The Morgan fingerprint density at radius 2 is 2.05 bits per heavy atom. The van der Waals surface area contributed by atoms with Crippen LogP contribution in [-0.2, 0) is 6.61 Å². The molecular formula is C15H15NO3. The van der Waals surface area contributed by atoms with Crippen molar-refractivity contribution in [2.75, 3.05) is 7.11 Å². The Morgan fingerprint density at radius 3 is 2.74 bits per heavy atom. The van der Waals surface area contributed by atoms with E-state index >= 15 is 0 Å². The lowest BCUT2D eigenvalue weighted by Crippen LogP contribution is -1.99. The molecule has 0 aliphatic rings. The number of benzene rings is 1. The van der Waals surface area contributed by atoms with Gasteiger partial charge in [-0.1, -0.05) is 0 Å². The van der Waals surface area contributed by atoms with E-state index in [4.69, 9.17) is 9.47 Å². The van der Waals surface area contributed by atoms with Crippen LogP contribution in [0.1, 0.15) is 21.5 Å². The van der Waals surface area contributed by atoms with Crippen molar-refractivity contribution in [3.8, 4) is 11.5 Å². The second-order valence-electron chi connectivity index (χ2n) is 4.19. The van der Waals surface area contributed by atoms with Crippen molar-refractivity contribution in [3.05, 3.63) is 53.3 Å². The highest BCUT2D eigenvalue weighted by molar-refractivity contribution is 5.76. The van der Waals surface area contributed by atoms with E-state index in [2.05, 4.69) is 4.98 Å². The molecule has 0 unspecified atom stereocenters. The van der Waals surface area contributed by atoms with Gasteiger partial charge in [0, 0.05) is 23.5 Å². The fraction of sp³-hybridized carbons (Fsp3) is 0.200. The summed E-state index contributed by atoms with van der Waals surface area (Å²) in [5.74, 6) is 1.15. The number of aldehydes is 1. The second-order valence-corrected chi connectivity index (χ2v) is 4.19. The number of hydrogen-bond acceptors (Lipinski definition) is 4. The number of nitrogens with zero attached hydrogens (tertiary/aromatic N) is 1. The predicted molar refractivity (Wildman–Crippen MR) is 71.7 cm³/mol. The van der Waals surface area contributed by atoms with Gasteiger partial charge in [-0.25, -0.2) is 0 Å². The summed E-state index contributed by atoms with van der Waals surface area (Å²) in [5.41, 5.74) is 2.60. The van der Waals surface area contributed by atoms with E-state index in [1.807, 2.05) is 13.0 Å². The SMILES string of the molecule is COc1ccc(C=O)cc1OCc1cncc(C)c1. The van der Waals surface area contributed by atoms with Crippen molar-refractivity contribution < 1.29 is 14.3 Å². The fourth-order valence-corrected chi connectivity index (χ4v) is 1.74. The largest absolute Gasteiger partial charge is 0.493 e. The molecule has 0 fully saturated rings. The Balaban J connectivity index is 2.16. The third-order valence-electron chi connectivity index (χ3n) is 2.65. The molecule has 4 nitrogen and oxygen atoms in total. The van der Waals surface area contributed by atoms with Gasteiger partial charge < -0.3 is 9.47 Å². The van der Waals surface area contributed by atoms with Gasteiger partial charge in [-0.2, -0.15) is 0 Å². The molecule has 0 bridgehead atoms. The number of rotatable bonds is 5. The number of aromatic nitrogens is 1. The van der Waals surface area contributed by atoms with Crippen LogP contribution in [0.4, 0.5) is 0 Å². The Hall–Kier alpha value is -2.36. The van der Waals surface area contributed by atoms with Crippen molar-refractivity contribution in [2.45, 2.75) is 13.5 Å². The van der Waals surface area contributed by atoms with E-state index in [1.54, 1.807) is 37.7 Å². The van der Waals surface area contributed by atoms with Crippen molar-refractivity contribution in [2.24, 2.45) is 0 Å². The van der Waals surface area contributed by atoms with Crippen LogP contribution < -0.4 is 9.47 Å². The number of pyridine rings is 1. The maximum atomic E-state index is 10.8. The average molecular weight is 257 g/mol. The van der Waals surface area contributed by atoms with E-state index < -0.39 is 0 Å². The molecular weight excluding hydrogens is 242 g/mol. The Kier molecular flexibility index (Phi) is 4.13. The minimum Gasteiger partial charge on any atom is -0.493 e. The summed E-state index contributed by atoms with van der Waals surface area (Å²) in [6.45, 7) is 2.36. The van der Waals surface area contributed by atoms with Gasteiger partial charge in [0.25, 0.3) is 0 Å². The summed E-state index contributed by atoms with van der Waals surface area (Å²) in [6, 6.07) is 7.07. The lowest BCUT2D eigenvalue weighted by molar-refractivity contribution is 0.112. The summed E-state index contributed by atoms with van der Waals surface area (Å²) < 4.78 is 10.9. The molecule has 0 amide bonds. The first-order chi connectivity index (χ1) is 9.22. The monoisotopic (exact) mass is 257 g/mol. The van der Waals surface area contributed by atoms with Crippen LogP contribution in [0.2, 0.25) is 0 Å². The Morgan fingerprint density at radius 1 is 1.21 bits per heavy atom. The highest BCUT2D eigenvalue weighted by atomic mass is 16.5. The molecule has 0 atom stereocenters. The van der Waals surface area contributed by atoms with Gasteiger partial charge in [-0.05, 0) is 36.8 Å². The number of carbonyl (C=O) groups excluding carboxylic acids is 1. The fourth-order valence-electron chi connectivity index (χ4n) is 1.74. The number of methoxy groups -OCH3 is 1. The smallest absolute Gasteiger partial charge is 0.162 e. The lowest BCUT2D eigenvalue weighted by atomic mass is 10.2. The second kappa shape index (κ2) is 6.00. The molecule has 2 aromatic rings. The van der Waals surface area contributed by atoms with Gasteiger partial charge in [0.2, 0.25) is 0 Å². The van der Waals surface area contributed by atoms with E-state index in [1.165, 1.54) is 0 Å². The summed E-state index contributed by atoms with van der Waals surface area (Å²) in [6.07, 6.45) is 4.32. The molecule has 0 saturated heterocycles. The first kappa shape index (κ1) is 13.1. The van der Waals surface area contributed by atoms with Crippen LogP contribution in [0.25, 0.3) is 0 Å². The van der Waals surface area contributed by atoms with Gasteiger partial charge in [0.15, 0.2) is 11.5 Å². The van der Waals surface area contributed by atoms with Crippen LogP contribution in [0.3, 0.4) is 0 Å². The molecule has 0 aliphatic heterocycles. The number of hydrogen-bond donors (Lipinski definition) is 0. The van der Waals surface area contributed by atoms with Crippen LogP contribution in [-0.4, -0.2) is 18.4 Å². The molecule has 1 aromatic heterocycles. The lowest BCUT2D eigenvalue weighted by Gasteiger charge is -2.11. The van der Waals surface area contributed by atoms with Crippen LogP contribution in [0.5, 0.6) is 11.5 Å². The molecule has 98 valence electrons. The third-order valence-corrected chi connectivity index (χ3v) is 2.65. The zero-order chi connectivity index (χ0) is 13.7. The summed E-state index contributed by atoms with van der Waals surface area (Å²) in [7, 11) is 1.57. The van der Waals surface area contributed by atoms with Crippen molar-refractivity contribution in [3.63, 3.8) is 0 Å². The molecule has 1 aromatic carbocycles. The molecule has 4 heteroatoms. The van der Waals surface area contributed by atoms with E-state index in [9.17, 15) is 4.79 Å². The van der Waals surface area contributed by atoms with E-state index in [0.29, 0.717) is 23.7 Å². The van der Waals surface area contributed by atoms with Gasteiger partial charge in [-0.3, -0.25) is 9.78 Å². The van der Waals surface area contributed by atoms with Crippen molar-refractivity contribution >= 4 is 6.29 Å². The van der Waals surface area contributed by atoms with Gasteiger partial charge in [0.05, 0.1) is 7.11 Å². The number of carbonyl (C=O) groups is 1. The Bertz CT molecular complexity index is 581. The molecule has 0 saturated carbocycles. The van der Waals surface area contributed by atoms with Crippen molar-refractivity contribution in [1.82, 2.24) is 4.98 Å². The molecule has 0 N–H and O–H groups in total. The number of ether oxygens (including phenoxy) is 2. The molecule has 2 rings (SSSR count). The highest BCUT2D eigenvalue weighted by Gasteiger charge is 2.06. The molecule has 0 spiro atoms. The molecule has 0 radical (unpaired) electrons. The summed E-state index contributed by atoms with van der Waals surface area (Å²) in [5, 5.41) is 0. The normalized spacial score (nSPS) is 10.0. The van der Waals surface area contributed by atoms with Crippen LogP contribution in [0.15, 0.2) is 36.7 Å². The number of aryl methyl sites for hydroxylation is 1. The van der Waals surface area contributed by atoms with Crippen molar-refractivity contribution in [1.29, 1.82) is 0 Å². The highest BCUT2D eigenvalue weighted by Crippen LogP contribution is 2.28. The zero-order valence-electron chi connectivity index (χ0n) is 10.9. The minimum absolute atomic E-state index is 0.382. The molecule has 0 aliphatic carbocycles. The quantitative estimate of drug-likeness (QED) is 0.773. The first-order valence-electron chi connectivity index (χ1n) is 5.89. The average Bonchev–Trinajstić information content (AvgIpc) is 2.45.